The zero-order valence-electron chi connectivity index (χ0n) is 17.4. The van der Waals surface area contributed by atoms with Crippen molar-refractivity contribution in [1.82, 2.24) is 5.32 Å². The number of hydrogen-bond donors (Lipinski definition) is 1. The number of benzene rings is 1. The zero-order chi connectivity index (χ0) is 20.7. The Bertz CT molecular complexity index is 1150. The summed E-state index contributed by atoms with van der Waals surface area (Å²) in [6.45, 7) is 9.09. The van der Waals surface area contributed by atoms with Crippen LogP contribution in [0, 0.1) is 27.7 Å². The molecule has 154 valence electrons. The molecule has 29 heavy (non-hydrogen) atoms. The minimum Gasteiger partial charge on any atom is -0.461 e. The summed E-state index contributed by atoms with van der Waals surface area (Å²) in [5.41, 5.74) is 4.27. The molecule has 1 unspecified atom stereocenters. The topological polar surface area (TPSA) is 81.7 Å². The van der Waals surface area contributed by atoms with E-state index in [0.29, 0.717) is 24.1 Å². The van der Waals surface area contributed by atoms with E-state index in [-0.39, 0.29) is 24.1 Å². The van der Waals surface area contributed by atoms with E-state index in [1.54, 1.807) is 0 Å². The molecule has 0 saturated carbocycles. The van der Waals surface area contributed by atoms with Crippen LogP contribution in [0.4, 0.5) is 0 Å². The van der Waals surface area contributed by atoms with Gasteiger partial charge < -0.3 is 18.9 Å². The normalized spacial score (nSPS) is 16.8. The third-order valence-corrected chi connectivity index (χ3v) is 6.10. The second-order valence-corrected chi connectivity index (χ2v) is 7.97. The van der Waals surface area contributed by atoms with Gasteiger partial charge in [-0.2, -0.15) is 0 Å². The summed E-state index contributed by atoms with van der Waals surface area (Å²) in [5.74, 6) is 0.786. The summed E-state index contributed by atoms with van der Waals surface area (Å²) in [5, 5.41) is 4.83. The van der Waals surface area contributed by atoms with Crippen molar-refractivity contribution in [3.05, 3.63) is 44.5 Å². The van der Waals surface area contributed by atoms with Crippen molar-refractivity contribution in [2.24, 2.45) is 0 Å². The Morgan fingerprint density at radius 2 is 1.79 bits per heavy atom. The number of amides is 1. The minimum atomic E-state index is -0.385. The van der Waals surface area contributed by atoms with E-state index in [0.717, 1.165) is 58.3 Å². The maximum absolute atomic E-state index is 12.6. The molecule has 3 heterocycles. The molecule has 1 amide bonds. The second kappa shape index (κ2) is 7.67. The van der Waals surface area contributed by atoms with Crippen LogP contribution in [0.1, 0.15) is 47.3 Å². The first-order valence-corrected chi connectivity index (χ1v) is 10.2. The van der Waals surface area contributed by atoms with Gasteiger partial charge in [-0.05, 0) is 64.2 Å². The van der Waals surface area contributed by atoms with Crippen LogP contribution in [0.3, 0.4) is 0 Å². The molecule has 1 N–H and O–H groups in total. The number of ether oxygens (including phenoxy) is 1. The predicted octanol–water partition coefficient (Wildman–Crippen LogP) is 4.00. The van der Waals surface area contributed by atoms with Crippen molar-refractivity contribution in [1.29, 1.82) is 0 Å². The van der Waals surface area contributed by atoms with Crippen LogP contribution in [0.15, 0.2) is 19.7 Å². The van der Waals surface area contributed by atoms with Gasteiger partial charge in [-0.3, -0.25) is 4.79 Å². The number of hydrogen-bond acceptors (Lipinski definition) is 5. The molecule has 1 saturated heterocycles. The van der Waals surface area contributed by atoms with E-state index in [4.69, 9.17) is 13.6 Å². The molecule has 0 spiro atoms. The first-order valence-electron chi connectivity index (χ1n) is 10.2. The highest BCUT2D eigenvalue weighted by Gasteiger charge is 2.20. The van der Waals surface area contributed by atoms with Gasteiger partial charge in [0.25, 0.3) is 0 Å². The fourth-order valence-corrected chi connectivity index (χ4v) is 4.14. The van der Waals surface area contributed by atoms with Gasteiger partial charge in [-0.25, -0.2) is 4.79 Å². The predicted molar refractivity (Wildman–Crippen MR) is 112 cm³/mol. The van der Waals surface area contributed by atoms with Crippen LogP contribution in [0.5, 0.6) is 0 Å². The third kappa shape index (κ3) is 3.57. The molecule has 3 aromatic rings. The molecule has 0 radical (unpaired) electrons. The first-order chi connectivity index (χ1) is 13.9. The Morgan fingerprint density at radius 1 is 1.07 bits per heavy atom. The SMILES string of the molecule is Cc1oc2c(C)c3oc(=O)c(CCC(=O)NCC4CCCO4)c(C)c3cc2c1C. The molecule has 0 aliphatic carbocycles. The summed E-state index contributed by atoms with van der Waals surface area (Å²) in [6, 6.07) is 2.03. The Kier molecular flexibility index (Phi) is 5.21. The summed E-state index contributed by atoms with van der Waals surface area (Å²) in [6.07, 6.45) is 2.73. The Labute approximate surface area is 169 Å². The van der Waals surface area contributed by atoms with Gasteiger partial charge in [0.1, 0.15) is 16.9 Å². The lowest BCUT2D eigenvalue weighted by atomic mass is 9.98. The summed E-state index contributed by atoms with van der Waals surface area (Å²) >= 11 is 0. The van der Waals surface area contributed by atoms with E-state index in [9.17, 15) is 9.59 Å². The average molecular weight is 397 g/mol. The van der Waals surface area contributed by atoms with Crippen LogP contribution in [0.2, 0.25) is 0 Å². The Balaban J connectivity index is 1.61. The minimum absolute atomic E-state index is 0.0765. The highest BCUT2D eigenvalue weighted by Crippen LogP contribution is 2.34. The highest BCUT2D eigenvalue weighted by molar-refractivity contribution is 6.00. The van der Waals surface area contributed by atoms with Crippen LogP contribution in [0.25, 0.3) is 21.9 Å². The van der Waals surface area contributed by atoms with Crippen molar-refractivity contribution in [3.8, 4) is 0 Å². The van der Waals surface area contributed by atoms with Crippen molar-refractivity contribution in [3.63, 3.8) is 0 Å². The van der Waals surface area contributed by atoms with Gasteiger partial charge >= 0.3 is 5.63 Å². The van der Waals surface area contributed by atoms with Gasteiger partial charge in [0, 0.05) is 41.5 Å². The number of nitrogens with one attached hydrogen (secondary N) is 1. The molecular formula is C23H27NO5. The number of carbonyl (C=O) groups is 1. The van der Waals surface area contributed by atoms with Crippen molar-refractivity contribution < 1.29 is 18.4 Å². The standard InChI is InChI=1S/C23H27NO5/c1-12-15(4)28-21-14(3)22-19(10-18(12)21)13(2)17(23(26)29-22)7-8-20(25)24-11-16-6-5-9-27-16/h10,16H,5-9,11H2,1-4H3,(H,24,25). The van der Waals surface area contributed by atoms with Crippen LogP contribution in [-0.2, 0) is 16.0 Å². The first kappa shape index (κ1) is 19.7. The van der Waals surface area contributed by atoms with Crippen molar-refractivity contribution in [2.75, 3.05) is 13.2 Å². The van der Waals surface area contributed by atoms with Crippen LogP contribution < -0.4 is 10.9 Å². The molecule has 1 fully saturated rings. The fraction of sp³-hybridized carbons (Fsp3) is 0.478. The van der Waals surface area contributed by atoms with Crippen molar-refractivity contribution in [2.45, 2.75) is 59.5 Å². The monoisotopic (exact) mass is 397 g/mol. The number of aryl methyl sites for hydroxylation is 4. The number of furan rings is 1. The average Bonchev–Trinajstić information content (AvgIpc) is 3.30. The molecule has 1 aromatic carbocycles. The van der Waals surface area contributed by atoms with Crippen molar-refractivity contribution >= 4 is 27.8 Å². The lowest BCUT2D eigenvalue weighted by molar-refractivity contribution is -0.121. The highest BCUT2D eigenvalue weighted by atomic mass is 16.5. The molecule has 4 rings (SSSR count). The number of carbonyl (C=O) groups excluding carboxylic acids is 1. The third-order valence-electron chi connectivity index (χ3n) is 6.10. The van der Waals surface area contributed by atoms with Crippen LogP contribution >= 0.6 is 0 Å². The van der Waals surface area contributed by atoms with E-state index < -0.39 is 0 Å². The smallest absolute Gasteiger partial charge is 0.339 e. The Hall–Kier alpha value is -2.60. The van der Waals surface area contributed by atoms with E-state index in [2.05, 4.69) is 5.32 Å². The maximum Gasteiger partial charge on any atom is 0.339 e. The largest absolute Gasteiger partial charge is 0.461 e. The van der Waals surface area contributed by atoms with Gasteiger partial charge in [-0.1, -0.05) is 0 Å². The maximum atomic E-state index is 12.6. The zero-order valence-corrected chi connectivity index (χ0v) is 17.4. The quantitative estimate of drug-likeness (QED) is 0.658. The van der Waals surface area contributed by atoms with Gasteiger partial charge in [0.2, 0.25) is 5.91 Å². The van der Waals surface area contributed by atoms with Gasteiger partial charge in [0.15, 0.2) is 0 Å². The lowest BCUT2D eigenvalue weighted by Crippen LogP contribution is -2.32. The van der Waals surface area contributed by atoms with E-state index in [1.165, 1.54) is 0 Å². The summed E-state index contributed by atoms with van der Waals surface area (Å²) < 4.78 is 17.1. The number of rotatable bonds is 5. The van der Waals surface area contributed by atoms with E-state index >= 15 is 0 Å². The van der Waals surface area contributed by atoms with Gasteiger partial charge in [0.05, 0.1) is 6.10 Å². The molecule has 1 aliphatic rings. The Morgan fingerprint density at radius 3 is 2.52 bits per heavy atom. The molecule has 1 aliphatic heterocycles. The summed E-state index contributed by atoms with van der Waals surface area (Å²) in [4.78, 5) is 24.9. The van der Waals surface area contributed by atoms with Gasteiger partial charge in [-0.15, -0.1) is 0 Å². The molecular weight excluding hydrogens is 370 g/mol. The number of fused-ring (bicyclic) bond motifs is 2. The fourth-order valence-electron chi connectivity index (χ4n) is 4.14. The molecule has 0 bridgehead atoms. The lowest BCUT2D eigenvalue weighted by Gasteiger charge is -2.12. The second-order valence-electron chi connectivity index (χ2n) is 7.97. The molecule has 2 aromatic heterocycles. The van der Waals surface area contributed by atoms with Crippen LogP contribution in [-0.4, -0.2) is 25.2 Å². The summed E-state index contributed by atoms with van der Waals surface area (Å²) in [7, 11) is 0. The molecule has 1 atom stereocenters. The van der Waals surface area contributed by atoms with E-state index in [1.807, 2.05) is 33.8 Å². The molecule has 6 heteroatoms. The molecule has 6 nitrogen and oxygen atoms in total.